The number of ether oxygens (including phenoxy) is 5. The van der Waals surface area contributed by atoms with Crippen LogP contribution in [0.25, 0.3) is 0 Å². The topological polar surface area (TPSA) is 233 Å². The Morgan fingerprint density at radius 2 is 1.10 bits per heavy atom. The zero-order valence-electron chi connectivity index (χ0n) is 56.0. The molecule has 0 amide bonds. The van der Waals surface area contributed by atoms with Crippen LogP contribution in [-0.4, -0.2) is 117 Å². The third-order valence-corrected chi connectivity index (χ3v) is 19.6. The number of hydrogen-bond donors (Lipinski definition) is 5. The van der Waals surface area contributed by atoms with Crippen LogP contribution in [0.4, 0.5) is 0 Å². The molecule has 12 atom stereocenters. The average Bonchev–Trinajstić information content (AvgIpc) is 1.72. The van der Waals surface area contributed by atoms with E-state index in [1.54, 1.807) is 44.2 Å². The van der Waals surface area contributed by atoms with E-state index in [0.717, 1.165) is 77.0 Å². The van der Waals surface area contributed by atoms with E-state index in [-0.39, 0.29) is 64.1 Å². The third-order valence-electron chi connectivity index (χ3n) is 19.6. The summed E-state index contributed by atoms with van der Waals surface area (Å²) in [4.78, 5) is 68.8. The van der Waals surface area contributed by atoms with Gasteiger partial charge in [0.15, 0.2) is 18.2 Å². The number of hydrogen-bond acceptors (Lipinski definition) is 15. The number of allylic oxidation sites excluding steroid dienone is 4. The van der Waals surface area contributed by atoms with E-state index >= 15 is 0 Å². The van der Waals surface area contributed by atoms with Crippen molar-refractivity contribution in [2.75, 3.05) is 13.2 Å². The van der Waals surface area contributed by atoms with Crippen molar-refractivity contribution in [2.24, 2.45) is 28.6 Å². The first-order chi connectivity index (χ1) is 42.8. The van der Waals surface area contributed by atoms with E-state index in [0.29, 0.717) is 42.4 Å². The van der Waals surface area contributed by atoms with E-state index in [1.807, 2.05) is 20.8 Å². The number of esters is 4. The quantitative estimate of drug-likeness (QED) is 0.0134. The molecule has 0 aromatic heterocycles. The summed E-state index contributed by atoms with van der Waals surface area (Å²) >= 11 is 0. The molecule has 0 spiro atoms. The van der Waals surface area contributed by atoms with Crippen LogP contribution in [0.15, 0.2) is 65.8 Å². The number of carbonyl (C=O) groups is 5. The number of aliphatic hydroxyl groups is 5. The van der Waals surface area contributed by atoms with Gasteiger partial charge in [0, 0.05) is 38.5 Å². The van der Waals surface area contributed by atoms with Gasteiger partial charge in [0.25, 0.3) is 0 Å². The van der Waals surface area contributed by atoms with Gasteiger partial charge in [-0.15, -0.1) is 0 Å². The second-order valence-corrected chi connectivity index (χ2v) is 27.0. The molecule has 0 heterocycles. The van der Waals surface area contributed by atoms with Crippen molar-refractivity contribution in [2.45, 2.75) is 322 Å². The van der Waals surface area contributed by atoms with E-state index in [2.05, 4.69) is 38.2 Å². The Kier molecular flexibility index (Phi) is 37.1. The van der Waals surface area contributed by atoms with Crippen molar-refractivity contribution in [3.05, 3.63) is 71.3 Å². The normalized spacial score (nSPS) is 24.7. The van der Waals surface area contributed by atoms with Gasteiger partial charge in [0.2, 0.25) is 6.10 Å². The fourth-order valence-corrected chi connectivity index (χ4v) is 13.9. The fourth-order valence-electron chi connectivity index (χ4n) is 13.9. The van der Waals surface area contributed by atoms with E-state index < -0.39 is 101 Å². The minimum Gasteiger partial charge on any atom is -0.462 e. The molecule has 3 aliphatic carbocycles. The molecule has 2 fully saturated rings. The van der Waals surface area contributed by atoms with Crippen molar-refractivity contribution in [1.29, 1.82) is 0 Å². The lowest BCUT2D eigenvalue weighted by Crippen LogP contribution is -2.58. The molecule has 0 aliphatic heterocycles. The molecular weight excluding hydrogens is 1130 g/mol. The maximum absolute atomic E-state index is 14.6. The second-order valence-electron chi connectivity index (χ2n) is 27.0. The average molecular weight is 1250 g/mol. The maximum Gasteiger partial charge on any atom is 0.348 e. The number of aliphatic hydroxyl groups excluding tert-OH is 5. The highest BCUT2D eigenvalue weighted by molar-refractivity contribution is 5.92. The Hall–Kier alpha value is -4.25. The highest BCUT2D eigenvalue weighted by Crippen LogP contribution is 2.55. The predicted octanol–water partition coefficient (Wildman–Crippen LogP) is 14.5. The van der Waals surface area contributed by atoms with Crippen molar-refractivity contribution in [3.8, 4) is 0 Å². The highest BCUT2D eigenvalue weighted by atomic mass is 16.6. The standard InChI is InChI=1S/C74H120O15/c1-8-10-12-14-16-18-20-22-24-26-28-30-32-34-39-43-65(78)85-52-57(87-67(80)44-40-35-33-31-29-27-25-23-21-19-17-15-13-11-9-2)53-86-66(79)47-48-68(81)88-63(49-56-41-37-36-38-42-56)72(84)89-62-50-61(76)59-46-45-58-54(3)60(75)51-64(77)74(58,7)71(83)70(82)69(55(62)4)73(59,5)6/h22-25,36-38,41-42,54,57-64,66,70,75-77,79,82H,8-21,26-35,39-40,43-53H2,1-7H3/b24-22-,25-23-/t54-,57?,58+,59?,60+,61-,62-,63+,64-,66?,70+,74-/m0/s1. The molecule has 3 aliphatic rings. The van der Waals surface area contributed by atoms with Crippen LogP contribution < -0.4 is 0 Å². The molecule has 506 valence electrons. The van der Waals surface area contributed by atoms with Crippen LogP contribution in [0.5, 0.6) is 0 Å². The van der Waals surface area contributed by atoms with E-state index in [9.17, 15) is 49.5 Å². The lowest BCUT2D eigenvalue weighted by Gasteiger charge is -2.50. The van der Waals surface area contributed by atoms with Crippen LogP contribution >= 0.6 is 0 Å². The monoisotopic (exact) mass is 1250 g/mol. The third kappa shape index (κ3) is 27.1. The Morgan fingerprint density at radius 3 is 1.65 bits per heavy atom. The SMILES string of the molecule is CCCCCCCC/C=C\CCCCCCCC(=O)OCC(COC(O)CCC(=O)O[C@H](Cc1ccccc1)C(=O)O[C@H]1C[C@H](O)C2CC[C@@H]3[C@H](C)[C@H](O)C[C@H](O)[C@@]3(C)C(=O)[C@H](O)C(=C1C)C2(C)C)OC(=O)CCCCCCC/C=C\CCCCCCCC. The lowest BCUT2D eigenvalue weighted by atomic mass is 9.56. The zero-order chi connectivity index (χ0) is 65.0. The van der Waals surface area contributed by atoms with Crippen LogP contribution in [0.2, 0.25) is 0 Å². The minimum atomic E-state index is -1.72. The molecule has 4 rings (SSSR count). The zero-order valence-corrected chi connectivity index (χ0v) is 56.0. The number of fused-ring (bicyclic) bond motifs is 3. The van der Waals surface area contributed by atoms with Gasteiger partial charge < -0.3 is 49.2 Å². The molecule has 0 saturated heterocycles. The van der Waals surface area contributed by atoms with Gasteiger partial charge in [-0.3, -0.25) is 19.2 Å². The molecule has 15 nitrogen and oxygen atoms in total. The summed E-state index contributed by atoms with van der Waals surface area (Å²) in [5.74, 6) is -4.59. The van der Waals surface area contributed by atoms with Crippen molar-refractivity contribution in [3.63, 3.8) is 0 Å². The summed E-state index contributed by atoms with van der Waals surface area (Å²) < 4.78 is 29.1. The van der Waals surface area contributed by atoms with Crippen LogP contribution in [0.1, 0.15) is 272 Å². The minimum absolute atomic E-state index is 0.0267. The maximum atomic E-state index is 14.6. The molecular formula is C74H120O15. The van der Waals surface area contributed by atoms with Crippen LogP contribution in [-0.2, 0) is 54.1 Å². The number of benzene rings is 1. The van der Waals surface area contributed by atoms with E-state index in [4.69, 9.17) is 23.7 Å². The Labute approximate surface area is 536 Å². The summed E-state index contributed by atoms with van der Waals surface area (Å²) in [6.45, 7) is 12.8. The summed E-state index contributed by atoms with van der Waals surface area (Å²) in [7, 11) is 0. The number of ketones is 1. The molecule has 15 heteroatoms. The number of Topliss-reactive ketones (excluding diaryl/α,β-unsaturated/α-hetero) is 1. The first-order valence-corrected chi connectivity index (χ1v) is 35.1. The molecule has 2 bridgehead atoms. The van der Waals surface area contributed by atoms with Crippen LogP contribution in [0, 0.1) is 28.6 Å². The molecule has 2 saturated carbocycles. The largest absolute Gasteiger partial charge is 0.462 e. The highest BCUT2D eigenvalue weighted by Gasteiger charge is 2.59. The lowest BCUT2D eigenvalue weighted by molar-refractivity contribution is -0.177. The van der Waals surface area contributed by atoms with Crippen molar-refractivity contribution in [1.82, 2.24) is 0 Å². The van der Waals surface area contributed by atoms with Gasteiger partial charge in [-0.05, 0) is 131 Å². The van der Waals surface area contributed by atoms with Crippen LogP contribution in [0.3, 0.4) is 0 Å². The molecule has 1 aromatic rings. The Bertz CT molecular complexity index is 2280. The number of carbonyl (C=O) groups excluding carboxylic acids is 5. The summed E-state index contributed by atoms with van der Waals surface area (Å²) in [5, 5.41) is 57.6. The van der Waals surface area contributed by atoms with E-state index in [1.165, 1.54) is 77.0 Å². The Morgan fingerprint density at radius 1 is 0.607 bits per heavy atom. The summed E-state index contributed by atoms with van der Waals surface area (Å²) in [5.41, 5.74) is -1.06. The summed E-state index contributed by atoms with van der Waals surface area (Å²) in [6.07, 6.45) is 29.0. The molecule has 0 radical (unpaired) electrons. The molecule has 89 heavy (non-hydrogen) atoms. The van der Waals surface area contributed by atoms with Gasteiger partial charge in [0.1, 0.15) is 18.8 Å². The fraction of sp³-hybridized carbons (Fsp3) is 0.770. The summed E-state index contributed by atoms with van der Waals surface area (Å²) in [6, 6.07) is 8.89. The Balaban J connectivity index is 1.33. The van der Waals surface area contributed by atoms with Gasteiger partial charge in [-0.25, -0.2) is 4.79 Å². The van der Waals surface area contributed by atoms with Crippen molar-refractivity contribution < 1.29 is 73.2 Å². The first-order valence-electron chi connectivity index (χ1n) is 35.1. The van der Waals surface area contributed by atoms with Gasteiger partial charge in [-0.1, -0.05) is 192 Å². The number of rotatable bonds is 44. The number of unbranched alkanes of at least 4 members (excludes halogenated alkanes) is 22. The first kappa shape index (κ1) is 77.2. The molecule has 5 N–H and O–H groups in total. The predicted molar refractivity (Wildman–Crippen MR) is 349 cm³/mol. The molecule has 3 unspecified atom stereocenters. The van der Waals surface area contributed by atoms with Crippen molar-refractivity contribution >= 4 is 29.7 Å². The second kappa shape index (κ2) is 42.8. The van der Waals surface area contributed by atoms with Gasteiger partial charge >= 0.3 is 23.9 Å². The molecule has 1 aromatic carbocycles. The smallest absolute Gasteiger partial charge is 0.348 e. The van der Waals surface area contributed by atoms with Gasteiger partial charge in [0.05, 0.1) is 36.8 Å². The van der Waals surface area contributed by atoms with Gasteiger partial charge in [-0.2, -0.15) is 0 Å².